The molecule has 0 bridgehead atoms. The molecule has 26 heavy (non-hydrogen) atoms. The van der Waals surface area contributed by atoms with E-state index in [1.54, 1.807) is 14.1 Å². The van der Waals surface area contributed by atoms with Gasteiger partial charge in [-0.15, -0.1) is 12.4 Å². The van der Waals surface area contributed by atoms with E-state index in [9.17, 15) is 31.4 Å². The van der Waals surface area contributed by atoms with Gasteiger partial charge in [0.2, 0.25) is 0 Å². The van der Waals surface area contributed by atoms with Crippen LogP contribution in [0.3, 0.4) is 0 Å². The van der Waals surface area contributed by atoms with E-state index in [2.05, 4.69) is 0 Å². The molecule has 0 saturated heterocycles. The number of hydrogen-bond donors (Lipinski definition) is 2. The average molecular weight is 408 g/mol. The first kappa shape index (κ1) is 24.3. The lowest BCUT2D eigenvalue weighted by Gasteiger charge is -2.33. The lowest BCUT2D eigenvalue weighted by Crippen LogP contribution is -2.53. The molecule has 4 nitrogen and oxygen atoms in total. The molecule has 0 unspecified atom stereocenters. The maximum Gasteiger partial charge on any atom is 0.430 e. The minimum absolute atomic E-state index is 0. The van der Waals surface area contributed by atoms with Gasteiger partial charge in [0.25, 0.3) is 5.60 Å². The largest absolute Gasteiger partial charge is 0.430 e. The molecule has 150 valence electrons. The van der Waals surface area contributed by atoms with Gasteiger partial charge in [-0.2, -0.15) is 26.3 Å². The zero-order valence-corrected chi connectivity index (χ0v) is 15.1. The monoisotopic (exact) mass is 407 g/mol. The summed E-state index contributed by atoms with van der Waals surface area (Å²) in [5.74, 6) is 0.0245. The normalized spacial score (nSPS) is 12.4. The van der Waals surface area contributed by atoms with Crippen LogP contribution in [0.4, 0.5) is 32.0 Å². The van der Waals surface area contributed by atoms with Crippen molar-refractivity contribution < 1.29 is 31.4 Å². The Kier molecular flexibility index (Phi) is 7.80. The van der Waals surface area contributed by atoms with E-state index in [0.717, 1.165) is 12.1 Å². The van der Waals surface area contributed by atoms with Gasteiger partial charge in [-0.25, -0.2) is 0 Å². The number of guanidine groups is 1. The van der Waals surface area contributed by atoms with Gasteiger partial charge in [0.05, 0.1) is 0 Å². The number of rotatable bonds is 4. The molecular weight excluding hydrogens is 388 g/mol. The summed E-state index contributed by atoms with van der Waals surface area (Å²) in [6.45, 7) is 2.16. The van der Waals surface area contributed by atoms with Gasteiger partial charge < -0.3 is 14.9 Å². The summed E-state index contributed by atoms with van der Waals surface area (Å²) >= 11 is 0. The second kappa shape index (κ2) is 8.34. The third kappa shape index (κ3) is 4.53. The van der Waals surface area contributed by atoms with Crippen LogP contribution in [0.25, 0.3) is 0 Å². The molecule has 0 aliphatic rings. The van der Waals surface area contributed by atoms with Crippen LogP contribution >= 0.6 is 12.4 Å². The van der Waals surface area contributed by atoms with E-state index in [-0.39, 0.29) is 24.1 Å². The average Bonchev–Trinajstić information content (AvgIpc) is 2.49. The van der Waals surface area contributed by atoms with Crippen molar-refractivity contribution in [2.75, 3.05) is 25.5 Å². The second-order valence-corrected chi connectivity index (χ2v) is 5.62. The summed E-state index contributed by atoms with van der Waals surface area (Å²) in [5.41, 5.74) is -6.04. The van der Waals surface area contributed by atoms with Crippen molar-refractivity contribution in [1.82, 2.24) is 4.90 Å². The lowest BCUT2D eigenvalue weighted by atomic mass is 9.92. The molecule has 0 saturated carbocycles. The standard InChI is InChI=1S/C15H19F6N3O.ClH/c1-4-9-24(12(22)23(2)3)11-7-5-10(6-8-11)13(25,14(16,17)18)15(19,20)21;/h5-8,22,25H,4,9H2,1-3H3;1H. The van der Waals surface area contributed by atoms with Gasteiger partial charge in [0, 0.05) is 31.9 Å². The molecule has 0 aliphatic heterocycles. The number of hydrogen-bond acceptors (Lipinski definition) is 2. The highest BCUT2D eigenvalue weighted by Gasteiger charge is 2.71. The van der Waals surface area contributed by atoms with Crippen LogP contribution in [0.15, 0.2) is 24.3 Å². The zero-order chi connectivity index (χ0) is 19.6. The number of benzene rings is 1. The van der Waals surface area contributed by atoms with E-state index in [4.69, 9.17) is 5.41 Å². The quantitative estimate of drug-likeness (QED) is 0.448. The molecule has 0 amide bonds. The Bertz CT molecular complexity index is 587. The molecule has 0 fully saturated rings. The first-order valence-corrected chi connectivity index (χ1v) is 7.27. The summed E-state index contributed by atoms with van der Waals surface area (Å²) in [5, 5.41) is 17.3. The van der Waals surface area contributed by atoms with E-state index in [1.807, 2.05) is 6.92 Å². The minimum Gasteiger partial charge on any atom is -0.369 e. The minimum atomic E-state index is -5.92. The van der Waals surface area contributed by atoms with E-state index >= 15 is 0 Å². The Morgan fingerprint density at radius 1 is 1.00 bits per heavy atom. The predicted octanol–water partition coefficient (Wildman–Crippen LogP) is 4.13. The number of nitrogens with one attached hydrogen (secondary N) is 1. The number of anilines is 1. The molecular formula is C15H20ClF6N3O. The van der Waals surface area contributed by atoms with Crippen LogP contribution in [0.2, 0.25) is 0 Å². The van der Waals surface area contributed by atoms with Crippen LogP contribution in [-0.2, 0) is 5.60 Å². The summed E-state index contributed by atoms with van der Waals surface area (Å²) < 4.78 is 77.3. The van der Waals surface area contributed by atoms with E-state index in [1.165, 1.54) is 9.80 Å². The first-order chi connectivity index (χ1) is 11.3. The molecule has 1 rings (SSSR count). The van der Waals surface area contributed by atoms with E-state index in [0.29, 0.717) is 25.1 Å². The third-order valence-corrected chi connectivity index (χ3v) is 3.54. The summed E-state index contributed by atoms with van der Waals surface area (Å²) in [4.78, 5) is 2.88. The molecule has 2 N–H and O–H groups in total. The van der Waals surface area contributed by atoms with Crippen molar-refractivity contribution in [2.45, 2.75) is 31.3 Å². The number of nitrogens with zero attached hydrogens (tertiary/aromatic N) is 2. The van der Waals surface area contributed by atoms with Crippen molar-refractivity contribution in [3.05, 3.63) is 29.8 Å². The molecule has 0 aliphatic carbocycles. The molecule has 1 aromatic carbocycles. The van der Waals surface area contributed by atoms with Crippen LogP contribution in [-0.4, -0.2) is 49.0 Å². The van der Waals surface area contributed by atoms with Crippen LogP contribution in [0.5, 0.6) is 0 Å². The Labute approximate surface area is 153 Å². The van der Waals surface area contributed by atoms with Crippen molar-refractivity contribution in [2.24, 2.45) is 0 Å². The van der Waals surface area contributed by atoms with Gasteiger partial charge in [-0.05, 0) is 18.6 Å². The molecule has 0 atom stereocenters. The van der Waals surface area contributed by atoms with Gasteiger partial charge in [0.1, 0.15) is 0 Å². The molecule has 1 aromatic rings. The molecule has 0 heterocycles. The van der Waals surface area contributed by atoms with Gasteiger partial charge >= 0.3 is 12.4 Å². The predicted molar refractivity (Wildman–Crippen MR) is 88.7 cm³/mol. The first-order valence-electron chi connectivity index (χ1n) is 7.27. The molecule has 0 radical (unpaired) electrons. The van der Waals surface area contributed by atoms with Gasteiger partial charge in [-0.3, -0.25) is 5.41 Å². The summed E-state index contributed by atoms with van der Waals surface area (Å²) in [6.07, 6.45) is -11.2. The van der Waals surface area contributed by atoms with Gasteiger partial charge in [0.15, 0.2) is 5.96 Å². The number of aliphatic hydroxyl groups is 1. The van der Waals surface area contributed by atoms with Crippen molar-refractivity contribution >= 4 is 24.1 Å². The smallest absolute Gasteiger partial charge is 0.369 e. The number of halogens is 7. The highest BCUT2D eigenvalue weighted by molar-refractivity contribution is 5.93. The van der Waals surface area contributed by atoms with Crippen LogP contribution in [0.1, 0.15) is 18.9 Å². The summed E-state index contributed by atoms with van der Waals surface area (Å²) in [6, 6.07) is 3.18. The Balaban J connectivity index is 0.00000625. The highest BCUT2D eigenvalue weighted by Crippen LogP contribution is 2.50. The van der Waals surface area contributed by atoms with Crippen molar-refractivity contribution in [3.63, 3.8) is 0 Å². The molecule has 0 aromatic heterocycles. The maximum absolute atomic E-state index is 12.9. The number of alkyl halides is 6. The Morgan fingerprint density at radius 3 is 1.73 bits per heavy atom. The zero-order valence-electron chi connectivity index (χ0n) is 14.2. The molecule has 0 spiro atoms. The van der Waals surface area contributed by atoms with Crippen LogP contribution in [0, 0.1) is 5.41 Å². The fourth-order valence-electron chi connectivity index (χ4n) is 2.19. The fraction of sp³-hybridized carbons (Fsp3) is 0.533. The summed E-state index contributed by atoms with van der Waals surface area (Å²) in [7, 11) is 3.18. The van der Waals surface area contributed by atoms with Gasteiger partial charge in [-0.1, -0.05) is 19.1 Å². The fourth-order valence-corrected chi connectivity index (χ4v) is 2.19. The topological polar surface area (TPSA) is 50.6 Å². The van der Waals surface area contributed by atoms with E-state index < -0.39 is 23.5 Å². The second-order valence-electron chi connectivity index (χ2n) is 5.62. The maximum atomic E-state index is 12.9. The SMILES string of the molecule is CCCN(C(=N)N(C)C)c1ccc(C(O)(C(F)(F)F)C(F)(F)F)cc1.Cl. The van der Waals surface area contributed by atoms with Crippen molar-refractivity contribution in [3.8, 4) is 0 Å². The third-order valence-electron chi connectivity index (χ3n) is 3.54. The molecule has 11 heteroatoms. The van der Waals surface area contributed by atoms with Crippen LogP contribution < -0.4 is 4.90 Å². The Hall–Kier alpha value is -1.68. The highest BCUT2D eigenvalue weighted by atomic mass is 35.5. The Morgan fingerprint density at radius 2 is 1.42 bits per heavy atom. The van der Waals surface area contributed by atoms with Crippen molar-refractivity contribution in [1.29, 1.82) is 5.41 Å². The lowest BCUT2D eigenvalue weighted by molar-refractivity contribution is -0.376.